The molecule has 1 rings (SSSR count). The lowest BCUT2D eigenvalue weighted by atomic mass is 10.1. The van der Waals surface area contributed by atoms with Gasteiger partial charge < -0.3 is 0 Å². The third-order valence-electron chi connectivity index (χ3n) is 2.10. The van der Waals surface area contributed by atoms with Gasteiger partial charge in [0.15, 0.2) is 0 Å². The van der Waals surface area contributed by atoms with Crippen LogP contribution in [0, 0.1) is 18.6 Å². The highest BCUT2D eigenvalue weighted by atomic mass is 19.1. The first kappa shape index (κ1) is 11.6. The fourth-order valence-electron chi connectivity index (χ4n) is 1.12. The predicted octanol–water partition coefficient (Wildman–Crippen LogP) is 1.91. The Morgan fingerprint density at radius 2 is 2.00 bits per heavy atom. The van der Waals surface area contributed by atoms with E-state index in [1.54, 1.807) is 0 Å². The van der Waals surface area contributed by atoms with Crippen molar-refractivity contribution in [1.82, 2.24) is 5.06 Å². The van der Waals surface area contributed by atoms with E-state index in [0.717, 1.165) is 17.2 Å². The summed E-state index contributed by atoms with van der Waals surface area (Å²) in [5.74, 6) is -2.12. The number of amides is 1. The van der Waals surface area contributed by atoms with Gasteiger partial charge in [-0.1, -0.05) is 0 Å². The van der Waals surface area contributed by atoms with Gasteiger partial charge in [-0.05, 0) is 18.6 Å². The van der Waals surface area contributed by atoms with E-state index in [4.69, 9.17) is 0 Å². The van der Waals surface area contributed by atoms with Gasteiger partial charge in [0, 0.05) is 13.1 Å². The zero-order chi connectivity index (χ0) is 11.6. The molecule has 0 aliphatic heterocycles. The van der Waals surface area contributed by atoms with Crippen LogP contribution in [0.3, 0.4) is 0 Å². The first-order chi connectivity index (χ1) is 6.97. The van der Waals surface area contributed by atoms with Crippen LogP contribution in [0.15, 0.2) is 12.1 Å². The molecule has 0 N–H and O–H groups in total. The summed E-state index contributed by atoms with van der Waals surface area (Å²) in [6, 6.07) is 1.72. The van der Waals surface area contributed by atoms with E-state index in [9.17, 15) is 13.6 Å². The van der Waals surface area contributed by atoms with E-state index in [-0.39, 0.29) is 11.1 Å². The van der Waals surface area contributed by atoms with Crippen molar-refractivity contribution in [2.75, 3.05) is 14.2 Å². The molecule has 1 amide bonds. The van der Waals surface area contributed by atoms with Crippen molar-refractivity contribution in [1.29, 1.82) is 0 Å². The van der Waals surface area contributed by atoms with E-state index < -0.39 is 17.5 Å². The number of halogens is 2. The third-order valence-corrected chi connectivity index (χ3v) is 2.10. The highest BCUT2D eigenvalue weighted by Gasteiger charge is 2.17. The van der Waals surface area contributed by atoms with Gasteiger partial charge in [-0.2, -0.15) is 0 Å². The lowest BCUT2D eigenvalue weighted by molar-refractivity contribution is -0.0757. The molecule has 5 heteroatoms. The number of carbonyl (C=O) groups excluding carboxylic acids is 1. The highest BCUT2D eigenvalue weighted by Crippen LogP contribution is 2.16. The summed E-state index contributed by atoms with van der Waals surface area (Å²) in [7, 11) is 2.66. The summed E-state index contributed by atoms with van der Waals surface area (Å²) in [5, 5.41) is 0.904. The Bertz CT molecular complexity index is 393. The molecular formula is C10H11F2NO2. The van der Waals surface area contributed by atoms with Crippen molar-refractivity contribution in [3.63, 3.8) is 0 Å². The average molecular weight is 215 g/mol. The van der Waals surface area contributed by atoms with E-state index >= 15 is 0 Å². The Kier molecular flexibility index (Phi) is 3.36. The van der Waals surface area contributed by atoms with Gasteiger partial charge in [-0.15, -0.1) is 0 Å². The van der Waals surface area contributed by atoms with Crippen LogP contribution in [0.5, 0.6) is 0 Å². The Balaban J connectivity index is 3.19. The molecule has 0 spiro atoms. The number of hydrogen-bond acceptors (Lipinski definition) is 2. The fraction of sp³-hybridized carbons (Fsp3) is 0.300. The Morgan fingerprint density at radius 3 is 2.53 bits per heavy atom. The quantitative estimate of drug-likeness (QED) is 0.705. The third kappa shape index (κ3) is 2.30. The summed E-state index contributed by atoms with van der Waals surface area (Å²) in [6.07, 6.45) is 0. The molecule has 0 saturated heterocycles. The minimum Gasteiger partial charge on any atom is -0.274 e. The standard InChI is InChI=1S/C10H11F2NO2/c1-6-8(10(14)13(2)15-3)4-7(11)5-9(6)12/h4-5H,1-3H3. The second-order valence-electron chi connectivity index (χ2n) is 3.05. The monoisotopic (exact) mass is 215 g/mol. The normalized spacial score (nSPS) is 10.2. The first-order valence-corrected chi connectivity index (χ1v) is 4.25. The van der Waals surface area contributed by atoms with Crippen LogP contribution in [0.25, 0.3) is 0 Å². The van der Waals surface area contributed by atoms with Gasteiger partial charge in [0.25, 0.3) is 5.91 Å². The van der Waals surface area contributed by atoms with Crippen molar-refractivity contribution < 1.29 is 18.4 Å². The molecule has 0 unspecified atom stereocenters. The molecule has 82 valence electrons. The Hall–Kier alpha value is -1.49. The lowest BCUT2D eigenvalue weighted by Crippen LogP contribution is -2.26. The fourth-order valence-corrected chi connectivity index (χ4v) is 1.12. The Morgan fingerprint density at radius 1 is 1.40 bits per heavy atom. The van der Waals surface area contributed by atoms with Crippen LogP contribution in [-0.4, -0.2) is 25.1 Å². The Labute approximate surface area is 86.2 Å². The number of benzene rings is 1. The molecule has 0 fully saturated rings. The van der Waals surface area contributed by atoms with Gasteiger partial charge in [-0.25, -0.2) is 13.8 Å². The van der Waals surface area contributed by atoms with Gasteiger partial charge in [0.05, 0.1) is 12.7 Å². The number of carbonyl (C=O) groups is 1. The number of rotatable bonds is 2. The van der Waals surface area contributed by atoms with Gasteiger partial charge >= 0.3 is 0 Å². The molecule has 0 radical (unpaired) electrons. The van der Waals surface area contributed by atoms with E-state index in [2.05, 4.69) is 4.84 Å². The smallest absolute Gasteiger partial charge is 0.274 e. The van der Waals surface area contributed by atoms with E-state index in [1.165, 1.54) is 21.1 Å². The summed E-state index contributed by atoms with van der Waals surface area (Å²) in [6.45, 7) is 1.41. The molecule has 0 aromatic heterocycles. The van der Waals surface area contributed by atoms with E-state index in [1.807, 2.05) is 0 Å². The van der Waals surface area contributed by atoms with Crippen molar-refractivity contribution in [3.05, 3.63) is 34.9 Å². The van der Waals surface area contributed by atoms with Crippen molar-refractivity contribution in [2.24, 2.45) is 0 Å². The molecule has 15 heavy (non-hydrogen) atoms. The maximum Gasteiger partial charge on any atom is 0.277 e. The SMILES string of the molecule is CON(C)C(=O)c1cc(F)cc(F)c1C. The molecular weight excluding hydrogens is 204 g/mol. The lowest BCUT2D eigenvalue weighted by Gasteiger charge is -2.15. The summed E-state index contributed by atoms with van der Waals surface area (Å²) < 4.78 is 26.0. The van der Waals surface area contributed by atoms with Crippen molar-refractivity contribution in [2.45, 2.75) is 6.92 Å². The zero-order valence-corrected chi connectivity index (χ0v) is 8.67. The number of hydroxylamine groups is 2. The molecule has 1 aromatic rings. The molecule has 0 bridgehead atoms. The van der Waals surface area contributed by atoms with E-state index in [0.29, 0.717) is 0 Å². The second-order valence-corrected chi connectivity index (χ2v) is 3.05. The summed E-state index contributed by atoms with van der Waals surface area (Å²) in [5.41, 5.74) is 0.0575. The van der Waals surface area contributed by atoms with Crippen LogP contribution >= 0.6 is 0 Å². The number of hydrogen-bond donors (Lipinski definition) is 0. The van der Waals surface area contributed by atoms with Crippen LogP contribution in [0.1, 0.15) is 15.9 Å². The molecule has 1 aromatic carbocycles. The highest BCUT2D eigenvalue weighted by molar-refractivity contribution is 5.94. The molecule has 0 aliphatic carbocycles. The topological polar surface area (TPSA) is 29.5 Å². The van der Waals surface area contributed by atoms with Crippen LogP contribution < -0.4 is 0 Å². The average Bonchev–Trinajstić information content (AvgIpc) is 2.21. The predicted molar refractivity (Wildman–Crippen MR) is 50.2 cm³/mol. The summed E-state index contributed by atoms with van der Waals surface area (Å²) in [4.78, 5) is 16.2. The van der Waals surface area contributed by atoms with Gasteiger partial charge in [-0.3, -0.25) is 9.63 Å². The second kappa shape index (κ2) is 4.35. The molecule has 3 nitrogen and oxygen atoms in total. The first-order valence-electron chi connectivity index (χ1n) is 4.25. The minimum absolute atomic E-state index is 0.0446. The van der Waals surface area contributed by atoms with Crippen LogP contribution in [0.4, 0.5) is 8.78 Å². The molecule has 0 saturated carbocycles. The molecule has 0 aliphatic rings. The zero-order valence-electron chi connectivity index (χ0n) is 8.67. The van der Waals surface area contributed by atoms with Crippen molar-refractivity contribution >= 4 is 5.91 Å². The van der Waals surface area contributed by atoms with Crippen LogP contribution in [-0.2, 0) is 4.84 Å². The maximum absolute atomic E-state index is 13.1. The summed E-state index contributed by atoms with van der Waals surface area (Å²) >= 11 is 0. The van der Waals surface area contributed by atoms with Crippen LogP contribution in [0.2, 0.25) is 0 Å². The van der Waals surface area contributed by atoms with Gasteiger partial charge in [0.1, 0.15) is 11.6 Å². The molecule has 0 atom stereocenters. The van der Waals surface area contributed by atoms with Crippen molar-refractivity contribution in [3.8, 4) is 0 Å². The molecule has 0 heterocycles. The maximum atomic E-state index is 13.1. The minimum atomic E-state index is -0.786. The largest absolute Gasteiger partial charge is 0.277 e. The van der Waals surface area contributed by atoms with Gasteiger partial charge in [0.2, 0.25) is 0 Å². The number of nitrogens with zero attached hydrogens (tertiary/aromatic N) is 1.